The summed E-state index contributed by atoms with van der Waals surface area (Å²) in [6.45, 7) is 2.60. The maximum atomic E-state index is 11.9. The summed E-state index contributed by atoms with van der Waals surface area (Å²) in [6.07, 6.45) is 1.14. The molecule has 152 valence electrons. The van der Waals surface area contributed by atoms with Gasteiger partial charge in [-0.25, -0.2) is 8.42 Å². The molecular formula is C20H26N2O4S2. The summed E-state index contributed by atoms with van der Waals surface area (Å²) in [7, 11) is -1.82. The predicted octanol–water partition coefficient (Wildman–Crippen LogP) is 2.82. The third kappa shape index (κ3) is 7.09. The number of sulfonamides is 1. The highest BCUT2D eigenvalue weighted by molar-refractivity contribution is 7.98. The smallest absolute Gasteiger partial charge is 0.257 e. The minimum absolute atomic E-state index is 0.0796. The number of ether oxygens (including phenoxy) is 1. The molecule has 0 heterocycles. The first kappa shape index (κ1) is 22.1. The number of anilines is 1. The van der Waals surface area contributed by atoms with E-state index in [1.165, 1.54) is 22.5 Å². The third-order valence-electron chi connectivity index (χ3n) is 4.16. The van der Waals surface area contributed by atoms with E-state index in [1.54, 1.807) is 36.0 Å². The number of nitrogens with zero attached hydrogens (tertiary/aromatic N) is 1. The highest BCUT2D eigenvalue weighted by Gasteiger charge is 2.11. The van der Waals surface area contributed by atoms with Gasteiger partial charge in [-0.15, -0.1) is 0 Å². The van der Waals surface area contributed by atoms with E-state index in [-0.39, 0.29) is 12.5 Å². The summed E-state index contributed by atoms with van der Waals surface area (Å²) in [5.41, 5.74) is 3.12. The van der Waals surface area contributed by atoms with Gasteiger partial charge in [-0.2, -0.15) is 11.8 Å². The monoisotopic (exact) mass is 422 g/mol. The van der Waals surface area contributed by atoms with Gasteiger partial charge in [0.2, 0.25) is 10.0 Å². The molecule has 0 unspecified atom stereocenters. The van der Waals surface area contributed by atoms with Crippen molar-refractivity contribution in [2.24, 2.45) is 0 Å². The number of hydrogen-bond donors (Lipinski definition) is 1. The highest BCUT2D eigenvalue weighted by atomic mass is 32.2. The number of thioether (sulfide) groups is 1. The van der Waals surface area contributed by atoms with Crippen LogP contribution in [0, 0.1) is 6.92 Å². The van der Waals surface area contributed by atoms with Crippen LogP contribution in [0.4, 0.5) is 5.69 Å². The van der Waals surface area contributed by atoms with Crippen LogP contribution in [-0.4, -0.2) is 46.5 Å². The van der Waals surface area contributed by atoms with Crippen molar-refractivity contribution in [2.75, 3.05) is 36.5 Å². The van der Waals surface area contributed by atoms with E-state index in [2.05, 4.69) is 24.4 Å². The lowest BCUT2D eigenvalue weighted by molar-refractivity contribution is -0.122. The molecule has 0 saturated carbocycles. The number of nitrogens with one attached hydrogen (secondary N) is 1. The Morgan fingerprint density at radius 3 is 2.46 bits per heavy atom. The van der Waals surface area contributed by atoms with Crippen LogP contribution in [0.3, 0.4) is 0 Å². The predicted molar refractivity (Wildman–Crippen MR) is 116 cm³/mol. The first-order valence-electron chi connectivity index (χ1n) is 8.83. The second-order valence-corrected chi connectivity index (χ2v) is 9.46. The molecule has 0 aliphatic heterocycles. The Morgan fingerprint density at radius 2 is 1.82 bits per heavy atom. The standard InChI is InChI=1S/C20H26N2O4S2/c1-16-6-4-5-7-17(16)15-27-13-12-21-20(23)14-26-19-10-8-18(9-11-19)22(2)28(3,24)25/h4-11H,12-15H2,1-3H3,(H,21,23). The Kier molecular flexibility index (Phi) is 8.19. The molecule has 0 atom stereocenters. The van der Waals surface area contributed by atoms with E-state index in [0.29, 0.717) is 18.0 Å². The minimum atomic E-state index is -3.30. The minimum Gasteiger partial charge on any atom is -0.484 e. The van der Waals surface area contributed by atoms with Gasteiger partial charge in [0.15, 0.2) is 6.61 Å². The number of carbonyl (C=O) groups is 1. The molecule has 0 aromatic heterocycles. The van der Waals surface area contributed by atoms with Crippen LogP contribution in [-0.2, 0) is 20.6 Å². The van der Waals surface area contributed by atoms with Gasteiger partial charge < -0.3 is 10.1 Å². The van der Waals surface area contributed by atoms with Crippen LogP contribution in [0.5, 0.6) is 5.75 Å². The van der Waals surface area contributed by atoms with E-state index >= 15 is 0 Å². The number of benzene rings is 2. The Bertz CT molecular complexity index is 883. The lowest BCUT2D eigenvalue weighted by Gasteiger charge is -2.16. The fourth-order valence-corrected chi connectivity index (χ4v) is 3.80. The zero-order valence-electron chi connectivity index (χ0n) is 16.3. The maximum absolute atomic E-state index is 11.9. The molecule has 1 amide bonds. The van der Waals surface area contributed by atoms with Gasteiger partial charge in [0.1, 0.15) is 5.75 Å². The molecule has 0 bridgehead atoms. The first-order chi connectivity index (χ1) is 13.3. The zero-order chi connectivity index (χ0) is 20.6. The lowest BCUT2D eigenvalue weighted by Crippen LogP contribution is -2.30. The molecule has 2 aromatic rings. The molecule has 2 aromatic carbocycles. The number of rotatable bonds is 10. The Hall–Kier alpha value is -2.19. The van der Waals surface area contributed by atoms with Crippen LogP contribution < -0.4 is 14.4 Å². The number of hydrogen-bond acceptors (Lipinski definition) is 5. The topological polar surface area (TPSA) is 75.7 Å². The number of amides is 1. The average molecular weight is 423 g/mol. The van der Waals surface area contributed by atoms with Gasteiger partial charge in [-0.3, -0.25) is 9.10 Å². The molecule has 0 aliphatic rings. The SMILES string of the molecule is Cc1ccccc1CSCCNC(=O)COc1ccc(N(C)S(C)(=O)=O)cc1. The lowest BCUT2D eigenvalue weighted by atomic mass is 10.1. The van der Waals surface area contributed by atoms with E-state index < -0.39 is 10.0 Å². The Morgan fingerprint density at radius 1 is 1.14 bits per heavy atom. The largest absolute Gasteiger partial charge is 0.484 e. The van der Waals surface area contributed by atoms with Crippen LogP contribution in [0.1, 0.15) is 11.1 Å². The van der Waals surface area contributed by atoms with Crippen molar-refractivity contribution in [3.05, 3.63) is 59.7 Å². The fraction of sp³-hybridized carbons (Fsp3) is 0.350. The summed E-state index contributed by atoms with van der Waals surface area (Å²) in [5, 5.41) is 2.83. The Balaban J connectivity index is 1.66. The molecule has 0 radical (unpaired) electrons. The second-order valence-electron chi connectivity index (χ2n) is 6.34. The molecule has 0 saturated heterocycles. The summed E-state index contributed by atoms with van der Waals surface area (Å²) in [6, 6.07) is 14.8. The second kappa shape index (κ2) is 10.4. The van der Waals surface area contributed by atoms with Crippen molar-refractivity contribution >= 4 is 33.4 Å². The van der Waals surface area contributed by atoms with E-state index in [4.69, 9.17) is 4.74 Å². The molecular weight excluding hydrogens is 396 g/mol. The highest BCUT2D eigenvalue weighted by Crippen LogP contribution is 2.20. The molecule has 6 nitrogen and oxygen atoms in total. The Labute approximate surface area is 171 Å². The van der Waals surface area contributed by atoms with Crippen molar-refractivity contribution in [3.8, 4) is 5.75 Å². The van der Waals surface area contributed by atoms with Crippen molar-refractivity contribution in [1.29, 1.82) is 0 Å². The van der Waals surface area contributed by atoms with Crippen LogP contribution >= 0.6 is 11.8 Å². The maximum Gasteiger partial charge on any atom is 0.257 e. The van der Waals surface area contributed by atoms with Crippen LogP contribution in [0.2, 0.25) is 0 Å². The molecule has 8 heteroatoms. The average Bonchev–Trinajstić information content (AvgIpc) is 2.66. The fourth-order valence-electron chi connectivity index (χ4n) is 2.36. The summed E-state index contributed by atoms with van der Waals surface area (Å²) in [5.74, 6) is 2.07. The van der Waals surface area contributed by atoms with Gasteiger partial charge in [-0.05, 0) is 42.3 Å². The van der Waals surface area contributed by atoms with Gasteiger partial charge in [0.25, 0.3) is 5.91 Å². The van der Waals surface area contributed by atoms with E-state index in [9.17, 15) is 13.2 Å². The summed E-state index contributed by atoms with van der Waals surface area (Å²) < 4.78 is 29.7. The van der Waals surface area contributed by atoms with Crippen molar-refractivity contribution in [3.63, 3.8) is 0 Å². The van der Waals surface area contributed by atoms with E-state index in [1.807, 2.05) is 12.1 Å². The molecule has 0 fully saturated rings. The van der Waals surface area contributed by atoms with E-state index in [0.717, 1.165) is 17.8 Å². The van der Waals surface area contributed by atoms with Gasteiger partial charge in [-0.1, -0.05) is 24.3 Å². The van der Waals surface area contributed by atoms with Crippen molar-refractivity contribution in [1.82, 2.24) is 5.32 Å². The molecule has 28 heavy (non-hydrogen) atoms. The first-order valence-corrected chi connectivity index (χ1v) is 11.8. The van der Waals surface area contributed by atoms with Crippen molar-refractivity contribution in [2.45, 2.75) is 12.7 Å². The third-order valence-corrected chi connectivity index (χ3v) is 6.37. The molecule has 1 N–H and O–H groups in total. The number of carbonyl (C=O) groups excluding carboxylic acids is 1. The molecule has 0 spiro atoms. The zero-order valence-corrected chi connectivity index (χ0v) is 18.0. The summed E-state index contributed by atoms with van der Waals surface area (Å²) in [4.78, 5) is 11.9. The number of aryl methyl sites for hydroxylation is 1. The van der Waals surface area contributed by atoms with Crippen LogP contribution in [0.25, 0.3) is 0 Å². The van der Waals surface area contributed by atoms with Gasteiger partial charge >= 0.3 is 0 Å². The van der Waals surface area contributed by atoms with Crippen LogP contribution in [0.15, 0.2) is 48.5 Å². The quantitative estimate of drug-likeness (QED) is 0.596. The normalized spacial score (nSPS) is 11.1. The summed E-state index contributed by atoms with van der Waals surface area (Å²) >= 11 is 1.77. The molecule has 0 aliphatic carbocycles. The van der Waals surface area contributed by atoms with Gasteiger partial charge in [0.05, 0.1) is 11.9 Å². The molecule has 2 rings (SSSR count). The van der Waals surface area contributed by atoms with Gasteiger partial charge in [0, 0.05) is 25.1 Å². The van der Waals surface area contributed by atoms with Crippen molar-refractivity contribution < 1.29 is 17.9 Å².